The first-order valence-electron chi connectivity index (χ1n) is 5.72. The van der Waals surface area contributed by atoms with Crippen molar-refractivity contribution in [3.05, 3.63) is 35.4 Å². The van der Waals surface area contributed by atoms with E-state index >= 15 is 0 Å². The molecule has 0 bridgehead atoms. The lowest BCUT2D eigenvalue weighted by molar-refractivity contribution is -0.121. The molecular weight excluding hydrogens is 216 g/mol. The van der Waals surface area contributed by atoms with Crippen molar-refractivity contribution in [2.24, 2.45) is 5.73 Å². The van der Waals surface area contributed by atoms with Gasteiger partial charge in [-0.25, -0.2) is 0 Å². The Balaban J connectivity index is 2.44. The van der Waals surface area contributed by atoms with Gasteiger partial charge in [-0.15, -0.1) is 0 Å². The molecule has 0 heterocycles. The van der Waals surface area contributed by atoms with Gasteiger partial charge in [0.25, 0.3) is 0 Å². The molecule has 0 fully saturated rings. The molecule has 4 heteroatoms. The summed E-state index contributed by atoms with van der Waals surface area (Å²) in [5.74, 6) is 0.00930. The SMILES string of the molecule is COCC(C)NC(=O)Cc1ccc(CN)cc1. The third kappa shape index (κ3) is 4.97. The molecule has 0 spiro atoms. The zero-order chi connectivity index (χ0) is 12.7. The second-order valence-corrected chi connectivity index (χ2v) is 4.12. The maximum atomic E-state index is 11.7. The smallest absolute Gasteiger partial charge is 0.224 e. The molecular formula is C13H20N2O2. The number of amides is 1. The highest BCUT2D eigenvalue weighted by molar-refractivity contribution is 5.78. The summed E-state index contributed by atoms with van der Waals surface area (Å²) in [4.78, 5) is 11.7. The summed E-state index contributed by atoms with van der Waals surface area (Å²) in [6, 6.07) is 7.80. The standard InChI is InChI=1S/C13H20N2O2/c1-10(9-17-2)15-13(16)7-11-3-5-12(8-14)6-4-11/h3-6,10H,7-9,14H2,1-2H3,(H,15,16). The van der Waals surface area contributed by atoms with Gasteiger partial charge in [0, 0.05) is 19.7 Å². The fraction of sp³-hybridized carbons (Fsp3) is 0.462. The second kappa shape index (κ2) is 7.04. The maximum absolute atomic E-state index is 11.7. The van der Waals surface area contributed by atoms with E-state index in [-0.39, 0.29) is 11.9 Å². The van der Waals surface area contributed by atoms with Crippen LogP contribution in [0.1, 0.15) is 18.1 Å². The maximum Gasteiger partial charge on any atom is 0.224 e. The molecule has 1 amide bonds. The van der Waals surface area contributed by atoms with Crippen molar-refractivity contribution >= 4 is 5.91 Å². The first-order chi connectivity index (χ1) is 8.15. The first kappa shape index (κ1) is 13.7. The molecule has 17 heavy (non-hydrogen) atoms. The summed E-state index contributed by atoms with van der Waals surface area (Å²) in [7, 11) is 1.62. The molecule has 0 aliphatic carbocycles. The van der Waals surface area contributed by atoms with Crippen LogP contribution in [0, 0.1) is 0 Å². The van der Waals surface area contributed by atoms with Crippen LogP contribution in [0.4, 0.5) is 0 Å². The van der Waals surface area contributed by atoms with Crippen LogP contribution in [0.25, 0.3) is 0 Å². The lowest BCUT2D eigenvalue weighted by Crippen LogP contribution is -2.36. The minimum Gasteiger partial charge on any atom is -0.383 e. The van der Waals surface area contributed by atoms with Crippen LogP contribution in [-0.2, 0) is 22.5 Å². The molecule has 1 aromatic rings. The predicted molar refractivity (Wildman–Crippen MR) is 67.5 cm³/mol. The quantitative estimate of drug-likeness (QED) is 0.769. The van der Waals surface area contributed by atoms with Crippen molar-refractivity contribution < 1.29 is 9.53 Å². The average molecular weight is 236 g/mol. The minimum atomic E-state index is 0.00930. The highest BCUT2D eigenvalue weighted by Crippen LogP contribution is 2.04. The number of methoxy groups -OCH3 is 1. The van der Waals surface area contributed by atoms with E-state index in [9.17, 15) is 4.79 Å². The van der Waals surface area contributed by atoms with E-state index in [0.29, 0.717) is 19.6 Å². The number of hydrogen-bond acceptors (Lipinski definition) is 3. The third-order valence-corrected chi connectivity index (χ3v) is 2.45. The molecule has 1 atom stereocenters. The molecule has 1 aromatic carbocycles. The Morgan fingerprint density at radius 3 is 2.47 bits per heavy atom. The fourth-order valence-electron chi connectivity index (χ4n) is 1.60. The number of carbonyl (C=O) groups excluding carboxylic acids is 1. The largest absolute Gasteiger partial charge is 0.383 e. The molecule has 0 aliphatic rings. The van der Waals surface area contributed by atoms with E-state index in [2.05, 4.69) is 5.32 Å². The number of ether oxygens (including phenoxy) is 1. The van der Waals surface area contributed by atoms with E-state index in [1.165, 1.54) is 0 Å². The lowest BCUT2D eigenvalue weighted by Gasteiger charge is -2.12. The number of carbonyl (C=O) groups is 1. The van der Waals surface area contributed by atoms with Gasteiger partial charge in [0.15, 0.2) is 0 Å². The second-order valence-electron chi connectivity index (χ2n) is 4.12. The summed E-state index contributed by atoms with van der Waals surface area (Å²) in [6.07, 6.45) is 0.388. The van der Waals surface area contributed by atoms with Gasteiger partial charge in [-0.1, -0.05) is 24.3 Å². The molecule has 0 radical (unpaired) electrons. The highest BCUT2D eigenvalue weighted by Gasteiger charge is 2.07. The Kier molecular flexibility index (Phi) is 5.66. The van der Waals surface area contributed by atoms with Crippen molar-refractivity contribution in [3.63, 3.8) is 0 Å². The van der Waals surface area contributed by atoms with Gasteiger partial charge in [-0.05, 0) is 18.1 Å². The molecule has 0 saturated carbocycles. The van der Waals surface area contributed by atoms with E-state index in [0.717, 1.165) is 11.1 Å². The Bertz CT molecular complexity index is 349. The van der Waals surface area contributed by atoms with Crippen molar-refractivity contribution in [2.75, 3.05) is 13.7 Å². The zero-order valence-electron chi connectivity index (χ0n) is 10.4. The van der Waals surface area contributed by atoms with Gasteiger partial charge in [-0.2, -0.15) is 0 Å². The molecule has 3 N–H and O–H groups in total. The minimum absolute atomic E-state index is 0.00930. The Morgan fingerprint density at radius 1 is 1.35 bits per heavy atom. The van der Waals surface area contributed by atoms with Gasteiger partial charge in [0.05, 0.1) is 13.0 Å². The fourth-order valence-corrected chi connectivity index (χ4v) is 1.60. The molecule has 0 aliphatic heterocycles. The number of nitrogens with two attached hydrogens (primary N) is 1. The average Bonchev–Trinajstić information content (AvgIpc) is 2.30. The van der Waals surface area contributed by atoms with Crippen molar-refractivity contribution in [1.29, 1.82) is 0 Å². The molecule has 0 aromatic heterocycles. The summed E-state index contributed by atoms with van der Waals surface area (Å²) in [5.41, 5.74) is 7.57. The van der Waals surface area contributed by atoms with E-state index < -0.39 is 0 Å². The number of hydrogen-bond donors (Lipinski definition) is 2. The molecule has 0 saturated heterocycles. The van der Waals surface area contributed by atoms with E-state index in [1.54, 1.807) is 7.11 Å². The normalized spacial score (nSPS) is 12.2. The van der Waals surface area contributed by atoms with Crippen LogP contribution in [0.15, 0.2) is 24.3 Å². The first-order valence-corrected chi connectivity index (χ1v) is 5.72. The molecule has 1 rings (SSSR count). The summed E-state index contributed by atoms with van der Waals surface area (Å²) in [6.45, 7) is 2.97. The van der Waals surface area contributed by atoms with Crippen LogP contribution >= 0.6 is 0 Å². The van der Waals surface area contributed by atoms with Crippen LogP contribution < -0.4 is 11.1 Å². The van der Waals surface area contributed by atoms with E-state index in [4.69, 9.17) is 10.5 Å². The zero-order valence-corrected chi connectivity index (χ0v) is 10.4. The molecule has 94 valence electrons. The summed E-state index contributed by atoms with van der Waals surface area (Å²) in [5, 5.41) is 2.87. The van der Waals surface area contributed by atoms with Gasteiger partial charge in [-0.3, -0.25) is 4.79 Å². The molecule has 4 nitrogen and oxygen atoms in total. The number of rotatable bonds is 6. The van der Waals surface area contributed by atoms with Crippen LogP contribution in [0.5, 0.6) is 0 Å². The van der Waals surface area contributed by atoms with Crippen LogP contribution in [0.3, 0.4) is 0 Å². The topological polar surface area (TPSA) is 64.3 Å². The van der Waals surface area contributed by atoms with Crippen molar-refractivity contribution in [3.8, 4) is 0 Å². The van der Waals surface area contributed by atoms with Crippen molar-refractivity contribution in [2.45, 2.75) is 25.9 Å². The number of nitrogens with one attached hydrogen (secondary N) is 1. The summed E-state index contributed by atoms with van der Waals surface area (Å²) < 4.78 is 4.96. The highest BCUT2D eigenvalue weighted by atomic mass is 16.5. The predicted octanol–water partition coefficient (Wildman–Crippen LogP) is 0.839. The van der Waals surface area contributed by atoms with Crippen LogP contribution in [0.2, 0.25) is 0 Å². The van der Waals surface area contributed by atoms with Crippen molar-refractivity contribution in [1.82, 2.24) is 5.32 Å². The Labute approximate surface area is 102 Å². The Hall–Kier alpha value is -1.39. The summed E-state index contributed by atoms with van der Waals surface area (Å²) >= 11 is 0. The van der Waals surface area contributed by atoms with Crippen LogP contribution in [-0.4, -0.2) is 25.7 Å². The number of benzene rings is 1. The van der Waals surface area contributed by atoms with Gasteiger partial charge >= 0.3 is 0 Å². The van der Waals surface area contributed by atoms with Gasteiger partial charge in [0.1, 0.15) is 0 Å². The lowest BCUT2D eigenvalue weighted by atomic mass is 10.1. The Morgan fingerprint density at radius 2 is 1.94 bits per heavy atom. The van der Waals surface area contributed by atoms with Gasteiger partial charge < -0.3 is 15.8 Å². The van der Waals surface area contributed by atoms with Gasteiger partial charge in [0.2, 0.25) is 5.91 Å². The monoisotopic (exact) mass is 236 g/mol. The van der Waals surface area contributed by atoms with E-state index in [1.807, 2.05) is 31.2 Å². The molecule has 1 unspecified atom stereocenters. The third-order valence-electron chi connectivity index (χ3n) is 2.45.